The molecule has 0 radical (unpaired) electrons. The quantitative estimate of drug-likeness (QED) is 0.774. The van der Waals surface area contributed by atoms with Crippen molar-refractivity contribution < 1.29 is 9.53 Å². The highest BCUT2D eigenvalue weighted by Crippen LogP contribution is 2.38. The van der Waals surface area contributed by atoms with E-state index in [-0.39, 0.29) is 6.09 Å². The average molecular weight is 257 g/mol. The molecule has 3 heteroatoms. The lowest BCUT2D eigenvalue weighted by Gasteiger charge is -2.21. The highest BCUT2D eigenvalue weighted by Gasteiger charge is 2.38. The Morgan fingerprint density at radius 3 is 2.47 bits per heavy atom. The molecular formula is C16H19NO2. The van der Waals surface area contributed by atoms with Crippen LogP contribution in [0.25, 0.3) is 0 Å². The predicted octanol–water partition coefficient (Wildman–Crippen LogP) is 3.02. The van der Waals surface area contributed by atoms with Gasteiger partial charge in [0.25, 0.3) is 0 Å². The van der Waals surface area contributed by atoms with E-state index in [1.54, 1.807) is 0 Å². The first-order valence-electron chi connectivity index (χ1n) is 7.38. The maximum Gasteiger partial charge on any atom is 0.415 e. The first-order chi connectivity index (χ1) is 9.29. The maximum absolute atomic E-state index is 12.2. The number of carbonyl (C=O) groups excluding carboxylic acids is 1. The standard InChI is InChI=1S/C16H19NO2/c18-16(17-9-13-2-1-3-14(13)10-17)19-15-7-6-11-4-5-12(11)8-15/h6-8,13-14H,1-5,9-10H2. The van der Waals surface area contributed by atoms with Gasteiger partial charge in [0.1, 0.15) is 5.75 Å². The highest BCUT2D eigenvalue weighted by molar-refractivity contribution is 5.71. The molecule has 0 bridgehead atoms. The number of nitrogens with zero attached hydrogens (tertiary/aromatic N) is 1. The fourth-order valence-corrected chi connectivity index (χ4v) is 3.78. The summed E-state index contributed by atoms with van der Waals surface area (Å²) < 4.78 is 5.52. The highest BCUT2D eigenvalue weighted by atomic mass is 16.6. The molecule has 4 rings (SSSR count). The summed E-state index contributed by atoms with van der Waals surface area (Å²) in [5, 5.41) is 0. The van der Waals surface area contributed by atoms with Gasteiger partial charge < -0.3 is 9.64 Å². The van der Waals surface area contributed by atoms with Crippen molar-refractivity contribution in [2.75, 3.05) is 13.1 Å². The Balaban J connectivity index is 1.42. The molecule has 2 atom stereocenters. The molecule has 2 aliphatic carbocycles. The van der Waals surface area contributed by atoms with Gasteiger partial charge in [-0.25, -0.2) is 4.79 Å². The lowest BCUT2D eigenvalue weighted by molar-refractivity contribution is 0.159. The second kappa shape index (κ2) is 4.26. The number of likely N-dealkylation sites (tertiary alicyclic amines) is 1. The summed E-state index contributed by atoms with van der Waals surface area (Å²) in [5.41, 5.74) is 2.74. The van der Waals surface area contributed by atoms with Crippen molar-refractivity contribution in [2.45, 2.75) is 32.1 Å². The van der Waals surface area contributed by atoms with E-state index in [9.17, 15) is 4.79 Å². The van der Waals surface area contributed by atoms with Gasteiger partial charge in [-0.1, -0.05) is 12.5 Å². The molecule has 2 unspecified atom stereocenters. The van der Waals surface area contributed by atoms with Crippen molar-refractivity contribution in [3.63, 3.8) is 0 Å². The third-order valence-electron chi connectivity index (χ3n) is 5.03. The number of hydrogen-bond acceptors (Lipinski definition) is 2. The molecule has 1 saturated carbocycles. The molecule has 0 aromatic heterocycles. The van der Waals surface area contributed by atoms with Crippen molar-refractivity contribution in [3.05, 3.63) is 29.3 Å². The van der Waals surface area contributed by atoms with Crippen LogP contribution >= 0.6 is 0 Å². The minimum absolute atomic E-state index is 0.159. The summed E-state index contributed by atoms with van der Waals surface area (Å²) in [6.07, 6.45) is 6.03. The molecule has 0 N–H and O–H groups in total. The Morgan fingerprint density at radius 2 is 1.84 bits per heavy atom. The summed E-state index contributed by atoms with van der Waals surface area (Å²) in [5.74, 6) is 2.16. The molecule has 1 amide bonds. The molecule has 1 aliphatic heterocycles. The van der Waals surface area contributed by atoms with Gasteiger partial charge in [0.15, 0.2) is 0 Å². The molecule has 3 nitrogen and oxygen atoms in total. The van der Waals surface area contributed by atoms with Crippen LogP contribution in [0.5, 0.6) is 5.75 Å². The number of amides is 1. The molecule has 3 aliphatic rings. The minimum Gasteiger partial charge on any atom is -0.410 e. The van der Waals surface area contributed by atoms with Crippen molar-refractivity contribution in [3.8, 4) is 5.75 Å². The minimum atomic E-state index is -0.159. The van der Waals surface area contributed by atoms with Crippen molar-refractivity contribution in [1.82, 2.24) is 4.90 Å². The third kappa shape index (κ3) is 1.92. The van der Waals surface area contributed by atoms with E-state index in [1.165, 1.54) is 36.8 Å². The van der Waals surface area contributed by atoms with Crippen LogP contribution in [0.15, 0.2) is 18.2 Å². The third-order valence-corrected chi connectivity index (χ3v) is 5.03. The largest absolute Gasteiger partial charge is 0.415 e. The molecule has 19 heavy (non-hydrogen) atoms. The topological polar surface area (TPSA) is 29.5 Å². The number of fused-ring (bicyclic) bond motifs is 2. The molecule has 1 heterocycles. The van der Waals surface area contributed by atoms with Crippen LogP contribution in [0.3, 0.4) is 0 Å². The number of carbonyl (C=O) groups is 1. The van der Waals surface area contributed by atoms with Crippen LogP contribution in [-0.2, 0) is 12.8 Å². The van der Waals surface area contributed by atoms with Gasteiger partial charge in [0.05, 0.1) is 0 Å². The van der Waals surface area contributed by atoms with Crippen LogP contribution < -0.4 is 4.74 Å². The summed E-state index contributed by atoms with van der Waals surface area (Å²) >= 11 is 0. The zero-order valence-corrected chi connectivity index (χ0v) is 11.1. The fraction of sp³-hybridized carbons (Fsp3) is 0.562. The Hall–Kier alpha value is -1.51. The van der Waals surface area contributed by atoms with Crippen LogP contribution in [0, 0.1) is 11.8 Å². The van der Waals surface area contributed by atoms with Gasteiger partial charge in [-0.2, -0.15) is 0 Å². The summed E-state index contributed by atoms with van der Waals surface area (Å²) in [7, 11) is 0. The molecule has 1 aromatic rings. The maximum atomic E-state index is 12.2. The molecule has 0 spiro atoms. The summed E-state index contributed by atoms with van der Waals surface area (Å²) in [4.78, 5) is 14.1. The molecule has 1 aromatic carbocycles. The zero-order valence-electron chi connectivity index (χ0n) is 11.1. The molecule has 100 valence electrons. The molecule has 2 fully saturated rings. The molecule has 1 saturated heterocycles. The second-order valence-electron chi connectivity index (χ2n) is 6.15. The second-order valence-corrected chi connectivity index (χ2v) is 6.15. The van der Waals surface area contributed by atoms with E-state index in [2.05, 4.69) is 6.07 Å². The zero-order chi connectivity index (χ0) is 12.8. The van der Waals surface area contributed by atoms with E-state index in [1.807, 2.05) is 17.0 Å². The van der Waals surface area contributed by atoms with Crippen LogP contribution in [-0.4, -0.2) is 24.1 Å². The first kappa shape index (κ1) is 11.3. The van der Waals surface area contributed by atoms with Gasteiger partial charge in [-0.15, -0.1) is 0 Å². The smallest absolute Gasteiger partial charge is 0.410 e. The number of aryl methyl sites for hydroxylation is 2. The SMILES string of the molecule is O=C(Oc1ccc2c(c1)CC2)N1CC2CCCC2C1. The lowest BCUT2D eigenvalue weighted by atomic mass is 9.89. The predicted molar refractivity (Wildman–Crippen MR) is 72.3 cm³/mol. The lowest BCUT2D eigenvalue weighted by Crippen LogP contribution is -2.32. The van der Waals surface area contributed by atoms with Gasteiger partial charge in [0, 0.05) is 13.1 Å². The van der Waals surface area contributed by atoms with Crippen LogP contribution in [0.1, 0.15) is 30.4 Å². The van der Waals surface area contributed by atoms with E-state index in [0.717, 1.165) is 31.3 Å². The van der Waals surface area contributed by atoms with Gasteiger partial charge in [0.2, 0.25) is 0 Å². The molecular weight excluding hydrogens is 238 g/mol. The first-order valence-corrected chi connectivity index (χ1v) is 7.38. The number of rotatable bonds is 1. The van der Waals surface area contributed by atoms with Crippen molar-refractivity contribution >= 4 is 6.09 Å². The number of hydrogen-bond donors (Lipinski definition) is 0. The van der Waals surface area contributed by atoms with E-state index < -0.39 is 0 Å². The van der Waals surface area contributed by atoms with Crippen LogP contribution in [0.2, 0.25) is 0 Å². The van der Waals surface area contributed by atoms with Crippen molar-refractivity contribution in [1.29, 1.82) is 0 Å². The summed E-state index contributed by atoms with van der Waals surface area (Å²) in [6, 6.07) is 6.03. The van der Waals surface area contributed by atoms with Gasteiger partial charge >= 0.3 is 6.09 Å². The fourth-order valence-electron chi connectivity index (χ4n) is 3.78. The van der Waals surface area contributed by atoms with Crippen molar-refractivity contribution in [2.24, 2.45) is 11.8 Å². The number of ether oxygens (including phenoxy) is 1. The van der Waals surface area contributed by atoms with E-state index in [4.69, 9.17) is 4.74 Å². The van der Waals surface area contributed by atoms with E-state index in [0.29, 0.717) is 5.75 Å². The Morgan fingerprint density at radius 1 is 1.11 bits per heavy atom. The monoisotopic (exact) mass is 257 g/mol. The normalized spacial score (nSPS) is 27.7. The van der Waals surface area contributed by atoms with Crippen LogP contribution in [0.4, 0.5) is 4.79 Å². The van der Waals surface area contributed by atoms with Gasteiger partial charge in [-0.3, -0.25) is 0 Å². The summed E-state index contributed by atoms with van der Waals surface area (Å²) in [6.45, 7) is 1.79. The average Bonchev–Trinajstić information content (AvgIpc) is 2.93. The van der Waals surface area contributed by atoms with E-state index >= 15 is 0 Å². The number of benzene rings is 1. The Labute approximate surface area is 113 Å². The Bertz CT molecular complexity index is 513. The van der Waals surface area contributed by atoms with Gasteiger partial charge in [-0.05, 0) is 60.8 Å². The Kier molecular flexibility index (Phi) is 2.54.